The van der Waals surface area contributed by atoms with E-state index in [9.17, 15) is 4.79 Å². The van der Waals surface area contributed by atoms with Crippen LogP contribution in [0.3, 0.4) is 0 Å². The van der Waals surface area contributed by atoms with Gasteiger partial charge in [0.25, 0.3) is 0 Å². The third-order valence-electron chi connectivity index (χ3n) is 2.88. The quantitative estimate of drug-likeness (QED) is 0.821. The van der Waals surface area contributed by atoms with Crippen molar-refractivity contribution in [3.05, 3.63) is 34.3 Å². The van der Waals surface area contributed by atoms with Gasteiger partial charge in [-0.25, -0.2) is 4.79 Å². The van der Waals surface area contributed by atoms with Crippen LogP contribution in [0.2, 0.25) is 0 Å². The number of thioether (sulfide) groups is 1. The molecule has 1 N–H and O–H groups in total. The molecule has 0 aliphatic heterocycles. The second-order valence-corrected chi connectivity index (χ2v) is 6.24. The summed E-state index contributed by atoms with van der Waals surface area (Å²) in [6.45, 7) is 4.28. The molecule has 2 aromatic rings. The molecule has 102 valence electrons. The Balaban J connectivity index is 1.94. The van der Waals surface area contributed by atoms with Crippen molar-refractivity contribution in [3.8, 4) is 0 Å². The Morgan fingerprint density at radius 1 is 1.63 bits per heavy atom. The highest BCUT2D eigenvalue weighted by molar-refractivity contribution is 7.98. The van der Waals surface area contributed by atoms with E-state index < -0.39 is 5.97 Å². The molecule has 0 amide bonds. The molecular formula is C13H16N2O2S2. The molecule has 4 nitrogen and oxygen atoms in total. The van der Waals surface area contributed by atoms with E-state index >= 15 is 0 Å². The Hall–Kier alpha value is -1.27. The first-order chi connectivity index (χ1) is 9.10. The molecule has 2 aromatic heterocycles. The fourth-order valence-corrected chi connectivity index (χ4v) is 3.32. The van der Waals surface area contributed by atoms with Crippen molar-refractivity contribution in [2.45, 2.75) is 37.0 Å². The fourth-order valence-electron chi connectivity index (χ4n) is 1.55. The third kappa shape index (κ3) is 3.61. The fraction of sp³-hybridized carbons (Fsp3) is 0.385. The van der Waals surface area contributed by atoms with Crippen molar-refractivity contribution >= 4 is 29.1 Å². The molecule has 2 rings (SSSR count). The number of nitrogens with zero attached hydrogens (tertiary/aromatic N) is 2. The molecule has 0 saturated carbocycles. The van der Waals surface area contributed by atoms with Gasteiger partial charge in [0, 0.05) is 28.3 Å². The zero-order valence-electron chi connectivity index (χ0n) is 10.9. The lowest BCUT2D eigenvalue weighted by molar-refractivity contribution is 0.0702. The first kappa shape index (κ1) is 14.1. The van der Waals surface area contributed by atoms with E-state index in [1.807, 2.05) is 22.3 Å². The van der Waals surface area contributed by atoms with Crippen LogP contribution in [-0.2, 0) is 5.75 Å². The predicted molar refractivity (Wildman–Crippen MR) is 78.1 cm³/mol. The van der Waals surface area contributed by atoms with E-state index in [0.717, 1.165) is 22.8 Å². The number of rotatable bonds is 6. The van der Waals surface area contributed by atoms with Crippen LogP contribution in [-0.4, -0.2) is 20.9 Å². The second-order valence-electron chi connectivity index (χ2n) is 4.28. The van der Waals surface area contributed by atoms with Gasteiger partial charge in [0.05, 0.1) is 5.69 Å². The summed E-state index contributed by atoms with van der Waals surface area (Å²) in [4.78, 5) is 12.2. The molecule has 0 spiro atoms. The van der Waals surface area contributed by atoms with Gasteiger partial charge in [0.1, 0.15) is 4.88 Å². The molecule has 0 saturated heterocycles. The van der Waals surface area contributed by atoms with Crippen LogP contribution in [0.1, 0.15) is 41.7 Å². The van der Waals surface area contributed by atoms with E-state index in [0.29, 0.717) is 10.9 Å². The Morgan fingerprint density at radius 2 is 2.42 bits per heavy atom. The Bertz CT molecular complexity index is 562. The Kier molecular flexibility index (Phi) is 4.66. The van der Waals surface area contributed by atoms with Gasteiger partial charge in [-0.1, -0.05) is 6.92 Å². The zero-order chi connectivity index (χ0) is 13.8. The summed E-state index contributed by atoms with van der Waals surface area (Å²) in [6.07, 6.45) is 3.06. The third-order valence-corrected chi connectivity index (χ3v) is 4.96. The largest absolute Gasteiger partial charge is 0.477 e. The first-order valence-electron chi connectivity index (χ1n) is 6.08. The normalized spacial score (nSPS) is 12.5. The van der Waals surface area contributed by atoms with Crippen LogP contribution in [0.5, 0.6) is 0 Å². The minimum atomic E-state index is -0.863. The number of hydrogen-bond donors (Lipinski definition) is 1. The number of thiophene rings is 1. The lowest BCUT2D eigenvalue weighted by Crippen LogP contribution is -2.04. The summed E-state index contributed by atoms with van der Waals surface area (Å²) in [5.74, 6) is -0.0999. The molecule has 0 aromatic carbocycles. The van der Waals surface area contributed by atoms with Gasteiger partial charge in [0.2, 0.25) is 0 Å². The number of carboxylic acids is 1. The topological polar surface area (TPSA) is 55.1 Å². The number of carbonyl (C=O) groups is 1. The van der Waals surface area contributed by atoms with Gasteiger partial charge < -0.3 is 5.11 Å². The van der Waals surface area contributed by atoms with Crippen LogP contribution < -0.4 is 0 Å². The number of carboxylic acid groups (broad SMARTS) is 1. The summed E-state index contributed by atoms with van der Waals surface area (Å²) in [7, 11) is 0. The SMILES string of the molecule is CCC(C)n1ccc(CSc2csc(C(=O)O)c2)n1. The highest BCUT2D eigenvalue weighted by Gasteiger charge is 2.09. The molecule has 1 atom stereocenters. The molecule has 0 radical (unpaired) electrons. The van der Waals surface area contributed by atoms with E-state index in [-0.39, 0.29) is 0 Å². The van der Waals surface area contributed by atoms with Crippen LogP contribution in [0.4, 0.5) is 0 Å². The molecule has 0 bridgehead atoms. The zero-order valence-corrected chi connectivity index (χ0v) is 12.5. The summed E-state index contributed by atoms with van der Waals surface area (Å²) < 4.78 is 1.98. The smallest absolute Gasteiger partial charge is 0.345 e. The molecule has 0 aliphatic carbocycles. The molecule has 1 unspecified atom stereocenters. The van der Waals surface area contributed by atoms with Crippen LogP contribution in [0, 0.1) is 0 Å². The van der Waals surface area contributed by atoms with Crippen molar-refractivity contribution in [2.75, 3.05) is 0 Å². The maximum Gasteiger partial charge on any atom is 0.345 e. The van der Waals surface area contributed by atoms with Crippen molar-refractivity contribution in [1.29, 1.82) is 0 Å². The highest BCUT2D eigenvalue weighted by atomic mass is 32.2. The predicted octanol–water partition coefficient (Wildman–Crippen LogP) is 3.91. The van der Waals surface area contributed by atoms with Gasteiger partial charge in [0.15, 0.2) is 0 Å². The average molecular weight is 296 g/mol. The lowest BCUT2D eigenvalue weighted by atomic mass is 10.3. The van der Waals surface area contributed by atoms with Crippen molar-refractivity contribution in [3.63, 3.8) is 0 Å². The van der Waals surface area contributed by atoms with Gasteiger partial charge in [-0.3, -0.25) is 4.68 Å². The monoisotopic (exact) mass is 296 g/mol. The number of aromatic carboxylic acids is 1. The molecule has 6 heteroatoms. The summed E-state index contributed by atoms with van der Waals surface area (Å²) in [6, 6.07) is 4.14. The number of aromatic nitrogens is 2. The van der Waals surface area contributed by atoms with E-state index in [1.165, 1.54) is 11.3 Å². The summed E-state index contributed by atoms with van der Waals surface area (Å²) >= 11 is 2.88. The maximum atomic E-state index is 10.8. The van der Waals surface area contributed by atoms with Gasteiger partial charge in [-0.15, -0.1) is 23.1 Å². The van der Waals surface area contributed by atoms with Gasteiger partial charge in [-0.05, 0) is 25.5 Å². The van der Waals surface area contributed by atoms with E-state index in [2.05, 4.69) is 18.9 Å². The van der Waals surface area contributed by atoms with Gasteiger partial charge >= 0.3 is 5.97 Å². The molecular weight excluding hydrogens is 280 g/mol. The number of hydrogen-bond acceptors (Lipinski definition) is 4. The average Bonchev–Trinajstić information content (AvgIpc) is 3.04. The molecule has 19 heavy (non-hydrogen) atoms. The second kappa shape index (κ2) is 6.25. The van der Waals surface area contributed by atoms with Crippen LogP contribution in [0.15, 0.2) is 28.6 Å². The molecule has 2 heterocycles. The first-order valence-corrected chi connectivity index (χ1v) is 7.95. The van der Waals surface area contributed by atoms with Crippen LogP contribution in [0.25, 0.3) is 0 Å². The highest BCUT2D eigenvalue weighted by Crippen LogP contribution is 2.27. The lowest BCUT2D eigenvalue weighted by Gasteiger charge is -2.07. The van der Waals surface area contributed by atoms with E-state index in [1.54, 1.807) is 17.8 Å². The van der Waals surface area contributed by atoms with Crippen molar-refractivity contribution < 1.29 is 9.90 Å². The summed E-state index contributed by atoms with van der Waals surface area (Å²) in [5, 5.41) is 15.3. The maximum absolute atomic E-state index is 10.8. The Labute approximate surface area is 120 Å². The van der Waals surface area contributed by atoms with Crippen LogP contribution >= 0.6 is 23.1 Å². The molecule has 0 fully saturated rings. The minimum absolute atomic E-state index is 0.382. The Morgan fingerprint density at radius 3 is 3.05 bits per heavy atom. The minimum Gasteiger partial charge on any atom is -0.477 e. The molecule has 0 aliphatic rings. The van der Waals surface area contributed by atoms with E-state index in [4.69, 9.17) is 5.11 Å². The van der Waals surface area contributed by atoms with Crippen molar-refractivity contribution in [2.24, 2.45) is 0 Å². The van der Waals surface area contributed by atoms with Crippen molar-refractivity contribution in [1.82, 2.24) is 9.78 Å². The standard InChI is InChI=1S/C13H16N2O2S2/c1-3-9(2)15-5-4-10(14-15)7-18-11-6-12(13(16)17)19-8-11/h4-6,8-9H,3,7H2,1-2H3,(H,16,17). The summed E-state index contributed by atoms with van der Waals surface area (Å²) in [5.41, 5.74) is 1.02. The van der Waals surface area contributed by atoms with Gasteiger partial charge in [-0.2, -0.15) is 5.10 Å².